The number of rotatable bonds is 8. The first kappa shape index (κ1) is 22.8. The number of aromatic amines is 1. The highest BCUT2D eigenvalue weighted by Crippen LogP contribution is 2.22. The predicted octanol–water partition coefficient (Wildman–Crippen LogP) is 3.03. The average Bonchev–Trinajstić information content (AvgIpc) is 3.04. The van der Waals surface area contributed by atoms with Crippen molar-refractivity contribution in [2.75, 3.05) is 19.8 Å². The van der Waals surface area contributed by atoms with Crippen LogP contribution in [0.1, 0.15) is 44.6 Å². The molecule has 2 heterocycles. The fourth-order valence-corrected chi connectivity index (χ4v) is 3.37. The van der Waals surface area contributed by atoms with E-state index in [0.717, 1.165) is 10.9 Å². The number of aromatic nitrogens is 1. The van der Waals surface area contributed by atoms with Crippen LogP contribution in [0.25, 0.3) is 11.0 Å². The second kappa shape index (κ2) is 9.51. The molecule has 0 radical (unpaired) electrons. The van der Waals surface area contributed by atoms with Crippen LogP contribution in [0.2, 0.25) is 0 Å². The number of aryl methyl sites for hydroxylation is 2. The third kappa shape index (κ3) is 4.88. The zero-order valence-electron chi connectivity index (χ0n) is 18.2. The summed E-state index contributed by atoms with van der Waals surface area (Å²) in [5.74, 6) is -1.45. The van der Waals surface area contributed by atoms with E-state index in [1.807, 2.05) is 0 Å². The molecule has 0 aliphatic heterocycles. The molecule has 3 aromatic rings. The first-order valence-electron chi connectivity index (χ1n) is 9.93. The predicted molar refractivity (Wildman–Crippen MR) is 114 cm³/mol. The van der Waals surface area contributed by atoms with E-state index < -0.39 is 36.6 Å². The second-order valence-electron chi connectivity index (χ2n) is 7.12. The van der Waals surface area contributed by atoms with E-state index in [1.165, 1.54) is 12.1 Å². The molecule has 3 rings (SSSR count). The van der Waals surface area contributed by atoms with Crippen molar-refractivity contribution >= 4 is 28.7 Å². The number of nitrogens with one attached hydrogen (secondary N) is 1. The lowest BCUT2D eigenvalue weighted by Crippen LogP contribution is -2.20. The molecule has 0 unspecified atom stereocenters. The van der Waals surface area contributed by atoms with E-state index in [-0.39, 0.29) is 17.9 Å². The molecule has 9 nitrogen and oxygen atoms in total. The number of benzene rings is 1. The quantitative estimate of drug-likeness (QED) is 0.321. The maximum absolute atomic E-state index is 12.5. The maximum Gasteiger partial charge on any atom is 0.355 e. The van der Waals surface area contributed by atoms with Gasteiger partial charge in [-0.15, -0.1) is 0 Å². The van der Waals surface area contributed by atoms with Crippen LogP contribution in [-0.4, -0.2) is 42.5 Å². The molecule has 32 heavy (non-hydrogen) atoms. The minimum Gasteiger partial charge on any atom is -0.482 e. The van der Waals surface area contributed by atoms with Crippen LogP contribution in [0, 0.1) is 20.8 Å². The normalized spacial score (nSPS) is 10.8. The molecular weight excluding hydrogens is 418 g/mol. The molecule has 1 aromatic carbocycles. The van der Waals surface area contributed by atoms with Crippen molar-refractivity contribution in [1.29, 1.82) is 0 Å². The van der Waals surface area contributed by atoms with E-state index in [1.54, 1.807) is 39.8 Å². The van der Waals surface area contributed by atoms with Crippen LogP contribution in [0.5, 0.6) is 5.75 Å². The van der Waals surface area contributed by atoms with Gasteiger partial charge in [-0.3, -0.25) is 4.79 Å². The summed E-state index contributed by atoms with van der Waals surface area (Å²) in [7, 11) is 0. The van der Waals surface area contributed by atoms with Crippen LogP contribution in [0.4, 0.5) is 0 Å². The molecule has 0 spiro atoms. The number of H-pyrrole nitrogens is 1. The van der Waals surface area contributed by atoms with Gasteiger partial charge >= 0.3 is 17.6 Å². The molecule has 168 valence electrons. The Bertz CT molecular complexity index is 1250. The van der Waals surface area contributed by atoms with Gasteiger partial charge < -0.3 is 23.6 Å². The van der Waals surface area contributed by atoms with Crippen molar-refractivity contribution in [2.45, 2.75) is 27.7 Å². The van der Waals surface area contributed by atoms with Crippen LogP contribution in [0.15, 0.2) is 33.5 Å². The molecule has 9 heteroatoms. The Hall–Kier alpha value is -3.88. The first-order chi connectivity index (χ1) is 15.2. The number of Topliss-reactive ketones (excluding diaryl/α,β-unsaturated/α-hetero) is 1. The fourth-order valence-electron chi connectivity index (χ4n) is 3.37. The summed E-state index contributed by atoms with van der Waals surface area (Å²) in [6, 6.07) is 6.25. The zero-order valence-corrected chi connectivity index (χ0v) is 18.2. The Morgan fingerprint density at radius 1 is 1.03 bits per heavy atom. The van der Waals surface area contributed by atoms with E-state index in [9.17, 15) is 19.2 Å². The third-order valence-corrected chi connectivity index (χ3v) is 4.84. The summed E-state index contributed by atoms with van der Waals surface area (Å²) in [4.78, 5) is 50.9. The van der Waals surface area contributed by atoms with Gasteiger partial charge in [0.15, 0.2) is 13.2 Å². The van der Waals surface area contributed by atoms with Crippen LogP contribution in [-0.2, 0) is 14.3 Å². The number of esters is 2. The highest BCUT2D eigenvalue weighted by atomic mass is 16.6. The van der Waals surface area contributed by atoms with Crippen molar-refractivity contribution in [3.63, 3.8) is 0 Å². The number of hydrogen-bond acceptors (Lipinski definition) is 8. The Balaban J connectivity index is 1.60. The summed E-state index contributed by atoms with van der Waals surface area (Å²) >= 11 is 0. The molecule has 0 saturated heterocycles. The van der Waals surface area contributed by atoms with E-state index in [4.69, 9.17) is 18.6 Å². The minimum absolute atomic E-state index is 0.195. The maximum atomic E-state index is 12.5. The van der Waals surface area contributed by atoms with E-state index in [2.05, 4.69) is 4.98 Å². The number of fused-ring (bicyclic) bond motifs is 1. The zero-order chi connectivity index (χ0) is 23.4. The number of carbonyl (C=O) groups excluding carboxylic acids is 3. The molecule has 0 amide bonds. The summed E-state index contributed by atoms with van der Waals surface area (Å²) in [5, 5.41) is 0.754. The highest BCUT2D eigenvalue weighted by Gasteiger charge is 2.23. The van der Waals surface area contributed by atoms with Crippen molar-refractivity contribution < 1.29 is 33.0 Å². The smallest absolute Gasteiger partial charge is 0.355 e. The van der Waals surface area contributed by atoms with Crippen molar-refractivity contribution in [3.05, 3.63) is 62.8 Å². The van der Waals surface area contributed by atoms with Crippen LogP contribution < -0.4 is 10.4 Å². The standard InChI is InChI=1S/C23H23NO8/c1-5-29-23(28)22-13(3)21(14(4)24-22)17(25)10-31-20(27)11-30-15-6-7-16-12(2)8-19(26)32-18(16)9-15/h6-9,24H,5,10-11H2,1-4H3. The molecule has 1 N–H and O–H groups in total. The minimum atomic E-state index is -0.749. The first-order valence-corrected chi connectivity index (χ1v) is 9.93. The van der Waals surface area contributed by atoms with Gasteiger partial charge in [0, 0.05) is 28.8 Å². The van der Waals surface area contributed by atoms with Gasteiger partial charge in [-0.1, -0.05) is 0 Å². The third-order valence-electron chi connectivity index (χ3n) is 4.84. The molecule has 2 aromatic heterocycles. The Labute approximate surface area is 183 Å². The van der Waals surface area contributed by atoms with Crippen LogP contribution >= 0.6 is 0 Å². The fraction of sp³-hybridized carbons (Fsp3) is 0.304. The van der Waals surface area contributed by atoms with Crippen molar-refractivity contribution in [1.82, 2.24) is 4.98 Å². The molecule has 0 bridgehead atoms. The number of ketones is 1. The lowest BCUT2D eigenvalue weighted by atomic mass is 10.1. The Morgan fingerprint density at radius 2 is 1.78 bits per heavy atom. The van der Waals surface area contributed by atoms with E-state index in [0.29, 0.717) is 22.6 Å². The van der Waals surface area contributed by atoms with Gasteiger partial charge in [-0.2, -0.15) is 0 Å². The number of carbonyl (C=O) groups is 3. The lowest BCUT2D eigenvalue weighted by molar-refractivity contribution is -0.144. The highest BCUT2D eigenvalue weighted by molar-refractivity contribution is 6.03. The molecule has 0 aliphatic carbocycles. The topological polar surface area (TPSA) is 125 Å². The summed E-state index contributed by atoms with van der Waals surface area (Å²) in [5.41, 5.74) is 2.02. The van der Waals surface area contributed by atoms with Gasteiger partial charge in [0.2, 0.25) is 5.78 Å². The number of ether oxygens (including phenoxy) is 3. The van der Waals surface area contributed by atoms with Gasteiger partial charge in [0.25, 0.3) is 0 Å². The summed E-state index contributed by atoms with van der Waals surface area (Å²) in [6.45, 7) is 6.01. The van der Waals surface area contributed by atoms with Crippen molar-refractivity contribution in [2.24, 2.45) is 0 Å². The number of hydrogen-bond donors (Lipinski definition) is 1. The molecule has 0 saturated carbocycles. The Kier molecular flexibility index (Phi) is 6.77. The largest absolute Gasteiger partial charge is 0.482 e. The lowest BCUT2D eigenvalue weighted by Gasteiger charge is -2.08. The van der Waals surface area contributed by atoms with Gasteiger partial charge in [-0.05, 0) is 51.0 Å². The molecular formula is C23H23NO8. The van der Waals surface area contributed by atoms with Gasteiger partial charge in [0.05, 0.1) is 6.61 Å². The SMILES string of the molecule is CCOC(=O)c1[nH]c(C)c(C(=O)COC(=O)COc2ccc3c(C)cc(=O)oc3c2)c1C. The van der Waals surface area contributed by atoms with Gasteiger partial charge in [-0.25, -0.2) is 14.4 Å². The molecule has 0 aliphatic rings. The second-order valence-corrected chi connectivity index (χ2v) is 7.12. The van der Waals surface area contributed by atoms with Crippen molar-refractivity contribution in [3.8, 4) is 5.75 Å². The van der Waals surface area contributed by atoms with Gasteiger partial charge in [0.1, 0.15) is 17.0 Å². The molecule has 0 atom stereocenters. The Morgan fingerprint density at radius 3 is 2.50 bits per heavy atom. The summed E-state index contributed by atoms with van der Waals surface area (Å²) < 4.78 is 20.5. The monoisotopic (exact) mass is 441 g/mol. The average molecular weight is 441 g/mol. The van der Waals surface area contributed by atoms with E-state index >= 15 is 0 Å². The van der Waals surface area contributed by atoms with Crippen LogP contribution in [0.3, 0.4) is 0 Å². The summed E-state index contributed by atoms with van der Waals surface area (Å²) in [6.07, 6.45) is 0. The molecule has 0 fully saturated rings.